The van der Waals surface area contributed by atoms with Gasteiger partial charge in [-0.1, -0.05) is 201 Å². The molecule has 6 heterocycles. The first-order chi connectivity index (χ1) is 41.5. The van der Waals surface area contributed by atoms with E-state index in [4.69, 9.17) is 38.9 Å². The molecule has 10 nitrogen and oxygen atoms in total. The molecule has 14 rings (SSSR count). The Kier molecular flexibility index (Phi) is 16.5. The molecule has 0 N–H and O–H groups in total. The topological polar surface area (TPSA) is 92.8 Å². The highest BCUT2D eigenvalue weighted by Gasteiger charge is 2.34. The average molecular weight is 1160 g/mol. The van der Waals surface area contributed by atoms with Crippen molar-refractivity contribution in [3.05, 3.63) is 307 Å². The summed E-state index contributed by atoms with van der Waals surface area (Å²) in [6.45, 7) is 7.05. The number of para-hydroxylation sites is 4. The third-order valence-electron chi connectivity index (χ3n) is 14.8. The molecule has 0 radical (unpaired) electrons. The second kappa shape index (κ2) is 25.4. The van der Waals surface area contributed by atoms with Crippen LogP contribution in [0, 0.1) is 0 Å². The van der Waals surface area contributed by atoms with E-state index in [0.717, 1.165) is 70.3 Å². The lowest BCUT2D eigenvalue weighted by atomic mass is 10.1. The molecular formula is C71H60N6O4S3. The fourth-order valence-electron chi connectivity index (χ4n) is 10.7. The van der Waals surface area contributed by atoms with Crippen LogP contribution in [-0.2, 0) is 45.1 Å². The Bertz CT molecular complexity index is 3770. The molecule has 0 aliphatic carbocycles. The minimum atomic E-state index is -0.348. The third-order valence-corrected chi connectivity index (χ3v) is 17.9. The molecule has 0 spiro atoms. The highest BCUT2D eigenvalue weighted by molar-refractivity contribution is 7.99. The molecule has 0 bridgehead atoms. The number of hydrogen-bond donors (Lipinski definition) is 0. The molecule has 4 atom stereocenters. The fourth-order valence-corrected chi connectivity index (χ4v) is 13.3. The molecule has 0 saturated heterocycles. The van der Waals surface area contributed by atoms with E-state index >= 15 is 0 Å². The summed E-state index contributed by atoms with van der Waals surface area (Å²) in [6, 6.07) is 83.5. The van der Waals surface area contributed by atoms with Crippen LogP contribution in [-0.4, -0.2) is 39.1 Å². The molecule has 8 aromatic carbocycles. The number of nitrogens with zero attached hydrogens (tertiary/aromatic N) is 6. The monoisotopic (exact) mass is 1160 g/mol. The number of thiophene rings is 2. The van der Waals surface area contributed by atoms with Crippen molar-refractivity contribution in [1.29, 1.82) is 0 Å². The van der Waals surface area contributed by atoms with Gasteiger partial charge in [-0.05, 0) is 83.5 Å². The zero-order valence-electron chi connectivity index (χ0n) is 46.5. The Morgan fingerprint density at radius 1 is 0.345 bits per heavy atom. The lowest BCUT2D eigenvalue weighted by molar-refractivity contribution is -0.000614. The van der Waals surface area contributed by atoms with Crippen LogP contribution in [0.25, 0.3) is 0 Å². The van der Waals surface area contributed by atoms with Crippen LogP contribution in [0.15, 0.2) is 263 Å². The van der Waals surface area contributed by atoms with Gasteiger partial charge in [0.1, 0.15) is 6.10 Å². The number of benzene rings is 8. The molecule has 13 heteroatoms. The molecule has 10 aromatic rings. The second-order valence-corrected chi connectivity index (χ2v) is 24.1. The summed E-state index contributed by atoms with van der Waals surface area (Å²) < 4.78 is 26.3. The maximum absolute atomic E-state index is 6.95. The number of hydrogen-bond acceptors (Lipinski definition) is 13. The van der Waals surface area contributed by atoms with Crippen LogP contribution in [0.3, 0.4) is 0 Å². The molecule has 84 heavy (non-hydrogen) atoms. The van der Waals surface area contributed by atoms with Crippen molar-refractivity contribution < 1.29 is 18.9 Å². The first-order valence-corrected chi connectivity index (χ1v) is 31.0. The quantitative estimate of drug-likeness (QED) is 0.0951. The largest absolute Gasteiger partial charge is 0.469 e. The molecule has 4 aliphatic heterocycles. The minimum absolute atomic E-state index is 0.0234. The van der Waals surface area contributed by atoms with Crippen LogP contribution in [0.1, 0.15) is 102 Å². The summed E-state index contributed by atoms with van der Waals surface area (Å²) in [6.07, 6.45) is -0.720. The van der Waals surface area contributed by atoms with Crippen LogP contribution in [0.4, 0.5) is 22.7 Å². The van der Waals surface area contributed by atoms with E-state index in [2.05, 4.69) is 206 Å². The maximum atomic E-state index is 6.95. The average Bonchev–Trinajstić information content (AvgIpc) is 4.03. The molecule has 0 amide bonds. The third kappa shape index (κ3) is 12.3. The van der Waals surface area contributed by atoms with E-state index < -0.39 is 0 Å². The van der Waals surface area contributed by atoms with E-state index in [1.54, 1.807) is 34.4 Å². The summed E-state index contributed by atoms with van der Waals surface area (Å²) >= 11 is 4.96. The number of fused-ring (bicyclic) bond motifs is 4. The normalized spacial score (nSPS) is 17.4. The van der Waals surface area contributed by atoms with Gasteiger partial charge in [0.25, 0.3) is 0 Å². The number of ether oxygens (including phenoxy) is 4. The van der Waals surface area contributed by atoms with E-state index in [-0.39, 0.29) is 24.0 Å². The predicted molar refractivity (Wildman–Crippen MR) is 343 cm³/mol. The molecule has 4 unspecified atom stereocenters. The van der Waals surface area contributed by atoms with Crippen LogP contribution in [0.5, 0.6) is 0 Å². The van der Waals surface area contributed by atoms with Gasteiger partial charge < -0.3 is 18.9 Å². The highest BCUT2D eigenvalue weighted by atomic mass is 32.2. The first-order valence-electron chi connectivity index (χ1n) is 28.3. The maximum Gasteiger partial charge on any atom is 0.233 e. The van der Waals surface area contributed by atoms with Gasteiger partial charge in [-0.2, -0.15) is 0 Å². The van der Waals surface area contributed by atoms with Crippen LogP contribution in [0.2, 0.25) is 0 Å². The molecule has 0 fully saturated rings. The first kappa shape index (κ1) is 54.6. The summed E-state index contributed by atoms with van der Waals surface area (Å²) in [4.78, 5) is 28.2. The summed E-state index contributed by atoms with van der Waals surface area (Å²) in [5.41, 5.74) is 12.9. The Balaban J connectivity index is 0.000000190. The van der Waals surface area contributed by atoms with Crippen LogP contribution >= 0.6 is 34.4 Å². The van der Waals surface area contributed by atoms with Gasteiger partial charge in [0, 0.05) is 48.4 Å². The van der Waals surface area contributed by atoms with Crippen LogP contribution < -0.4 is 0 Å². The minimum Gasteiger partial charge on any atom is -0.469 e. The van der Waals surface area contributed by atoms with Gasteiger partial charge in [0.05, 0.1) is 42.3 Å². The van der Waals surface area contributed by atoms with Crippen molar-refractivity contribution in [3.63, 3.8) is 0 Å². The molecule has 4 aliphatic rings. The van der Waals surface area contributed by atoms with Gasteiger partial charge >= 0.3 is 0 Å². The van der Waals surface area contributed by atoms with Gasteiger partial charge in [0.2, 0.25) is 23.6 Å². The predicted octanol–water partition coefficient (Wildman–Crippen LogP) is 18.1. The second-order valence-electron chi connectivity index (χ2n) is 20.6. The van der Waals surface area contributed by atoms with Crippen molar-refractivity contribution in [2.75, 3.05) is 5.75 Å². The number of rotatable bonds is 16. The van der Waals surface area contributed by atoms with E-state index in [0.29, 0.717) is 49.8 Å². The smallest absolute Gasteiger partial charge is 0.233 e. The van der Waals surface area contributed by atoms with Crippen molar-refractivity contribution in [3.8, 4) is 0 Å². The van der Waals surface area contributed by atoms with Crippen molar-refractivity contribution >= 4 is 80.8 Å². The van der Waals surface area contributed by atoms with Gasteiger partial charge in [-0.15, -0.1) is 34.4 Å². The Morgan fingerprint density at radius 2 is 0.643 bits per heavy atom. The Labute approximate surface area is 502 Å². The lowest BCUT2D eigenvalue weighted by Gasteiger charge is -2.35. The Morgan fingerprint density at radius 3 is 1.02 bits per heavy atom. The number of aliphatic imine (C=N–C) groups is 4. The molecule has 2 aromatic heterocycles. The zero-order chi connectivity index (χ0) is 56.6. The SMILES string of the molecule is CCSC1OC(c2ccc(C3=Nc4ccccc4C(C)O3)s2)=Nc2ccccc21.c1ccc(CN(Cc2ccccc2)C2OC(c3ccc(C4=Nc5ccccc5C(N(Cc5ccccc5)Cc5ccccc5)O4)s3)=Nc3ccccc32)cc1. The standard InChI is InChI=1S/C48H40N4O2S.C23H20N2O2S2/c1-5-17-35(18-6-1)31-51(32-36-19-7-2-8-20-36)47-39-25-13-15-27-41(39)49-45(53-47)43-29-30-44(55-43)46-50-42-28-16-14-26-40(42)48(54-46)52(33-37-21-9-3-10-22-37)34-38-23-11-4-12-24-38;1-3-28-23-16-9-5-7-11-18(16)25-22(27-23)20-13-12-19(29-20)21-24-17-10-6-4-8-15(17)14(2)26-21/h1-30,47-48H,31-34H2;4-14,23H,3H2,1-2H3. The van der Waals surface area contributed by atoms with E-state index in [1.807, 2.05) is 60.7 Å². The molecule has 0 saturated carbocycles. The summed E-state index contributed by atoms with van der Waals surface area (Å²) in [7, 11) is 0. The summed E-state index contributed by atoms with van der Waals surface area (Å²) in [5, 5.41) is 0. The van der Waals surface area contributed by atoms with Crippen molar-refractivity contribution in [2.45, 2.75) is 64.0 Å². The van der Waals surface area contributed by atoms with E-state index in [9.17, 15) is 0 Å². The van der Waals surface area contributed by atoms with E-state index in [1.165, 1.54) is 22.3 Å². The van der Waals surface area contributed by atoms with Gasteiger partial charge in [-0.25, -0.2) is 20.0 Å². The molecular weight excluding hydrogens is 1100 g/mol. The molecule has 416 valence electrons. The zero-order valence-corrected chi connectivity index (χ0v) is 48.9. The number of thioether (sulfide) groups is 1. The summed E-state index contributed by atoms with van der Waals surface area (Å²) in [5.74, 6) is 3.48. The Hall–Kier alpha value is -8.69. The fraction of sp³-hybridized carbons (Fsp3) is 0.155. The van der Waals surface area contributed by atoms with Crippen molar-refractivity contribution in [1.82, 2.24) is 9.80 Å². The van der Waals surface area contributed by atoms with Gasteiger partial charge in [0.15, 0.2) is 17.9 Å². The highest BCUT2D eigenvalue weighted by Crippen LogP contribution is 2.44. The van der Waals surface area contributed by atoms with Gasteiger partial charge in [-0.3, -0.25) is 9.80 Å². The van der Waals surface area contributed by atoms with Crippen molar-refractivity contribution in [2.24, 2.45) is 20.0 Å². The lowest BCUT2D eigenvalue weighted by Crippen LogP contribution is -2.33.